The van der Waals surface area contributed by atoms with Gasteiger partial charge in [0.2, 0.25) is 0 Å². The molecule has 0 fully saturated rings. The summed E-state index contributed by atoms with van der Waals surface area (Å²) in [6.07, 6.45) is 0. The van der Waals surface area contributed by atoms with E-state index in [1.807, 2.05) is 6.92 Å². The lowest BCUT2D eigenvalue weighted by Crippen LogP contribution is -2.07. The van der Waals surface area contributed by atoms with Gasteiger partial charge in [-0.2, -0.15) is 0 Å². The van der Waals surface area contributed by atoms with Crippen LogP contribution in [0.1, 0.15) is 27.6 Å². The Balaban J connectivity index is 2.91. The summed E-state index contributed by atoms with van der Waals surface area (Å²) < 4.78 is 31.8. The van der Waals surface area contributed by atoms with Gasteiger partial charge in [-0.1, -0.05) is 0 Å². The van der Waals surface area contributed by atoms with E-state index in [0.717, 1.165) is 0 Å². The van der Waals surface area contributed by atoms with Crippen LogP contribution in [0.15, 0.2) is 24.3 Å². The summed E-state index contributed by atoms with van der Waals surface area (Å²) in [4.78, 5) is 24.4. The van der Waals surface area contributed by atoms with Crippen LogP contribution in [0.3, 0.4) is 0 Å². The van der Waals surface area contributed by atoms with E-state index in [-0.39, 0.29) is 11.1 Å². The standard InChI is InChI=1S/C21H24O8/c1-7-29-17-11-13(21(23)28-6)9-15(19(17)26-4)14-8-12(20(22)27-5)10-16(24-2)18(14)25-3/h8-11H,7H2,1-6H3. The van der Waals surface area contributed by atoms with Crippen molar-refractivity contribution in [3.63, 3.8) is 0 Å². The van der Waals surface area contributed by atoms with E-state index >= 15 is 0 Å². The van der Waals surface area contributed by atoms with Crippen molar-refractivity contribution in [1.82, 2.24) is 0 Å². The Morgan fingerprint density at radius 1 is 0.690 bits per heavy atom. The van der Waals surface area contributed by atoms with Crippen molar-refractivity contribution >= 4 is 11.9 Å². The molecule has 0 heterocycles. The van der Waals surface area contributed by atoms with Crippen molar-refractivity contribution in [3.8, 4) is 34.1 Å². The second-order valence-corrected chi connectivity index (χ2v) is 5.73. The minimum atomic E-state index is -0.555. The van der Waals surface area contributed by atoms with Crippen molar-refractivity contribution in [1.29, 1.82) is 0 Å². The van der Waals surface area contributed by atoms with Crippen LogP contribution >= 0.6 is 0 Å². The van der Waals surface area contributed by atoms with E-state index in [2.05, 4.69) is 0 Å². The molecule has 0 unspecified atom stereocenters. The molecule has 0 N–H and O–H groups in total. The predicted molar refractivity (Wildman–Crippen MR) is 105 cm³/mol. The van der Waals surface area contributed by atoms with E-state index in [1.54, 1.807) is 12.1 Å². The number of rotatable bonds is 8. The zero-order valence-corrected chi connectivity index (χ0v) is 17.3. The SMILES string of the molecule is CCOc1cc(C(=O)OC)cc(-c2cc(C(=O)OC)cc(OC)c2OC)c1OC. The number of carbonyl (C=O) groups excluding carboxylic acids is 2. The maximum Gasteiger partial charge on any atom is 0.338 e. The molecular weight excluding hydrogens is 380 g/mol. The Bertz CT molecular complexity index is 904. The van der Waals surface area contributed by atoms with Crippen LogP contribution in [-0.2, 0) is 9.47 Å². The summed E-state index contributed by atoms with van der Waals surface area (Å²) in [7, 11) is 6.97. The number of methoxy groups -OCH3 is 5. The highest BCUT2D eigenvalue weighted by Gasteiger charge is 2.24. The molecule has 0 radical (unpaired) electrons. The van der Waals surface area contributed by atoms with Crippen LogP contribution in [0.4, 0.5) is 0 Å². The third-order valence-electron chi connectivity index (χ3n) is 4.17. The molecule has 0 saturated carbocycles. The average Bonchev–Trinajstić information content (AvgIpc) is 2.76. The van der Waals surface area contributed by atoms with Gasteiger partial charge in [0.25, 0.3) is 0 Å². The van der Waals surface area contributed by atoms with Gasteiger partial charge in [-0.3, -0.25) is 0 Å². The molecule has 0 atom stereocenters. The monoisotopic (exact) mass is 404 g/mol. The number of hydrogen-bond acceptors (Lipinski definition) is 8. The fourth-order valence-corrected chi connectivity index (χ4v) is 2.91. The maximum absolute atomic E-state index is 12.2. The lowest BCUT2D eigenvalue weighted by Gasteiger charge is -2.19. The molecule has 8 nitrogen and oxygen atoms in total. The molecule has 0 saturated heterocycles. The number of benzene rings is 2. The third-order valence-corrected chi connectivity index (χ3v) is 4.17. The van der Waals surface area contributed by atoms with Crippen molar-refractivity contribution < 1.29 is 38.0 Å². The molecule has 2 aromatic rings. The van der Waals surface area contributed by atoms with Crippen molar-refractivity contribution in [2.45, 2.75) is 6.92 Å². The summed E-state index contributed by atoms with van der Waals surface area (Å²) in [5, 5.41) is 0. The number of hydrogen-bond donors (Lipinski definition) is 0. The molecule has 156 valence electrons. The molecule has 0 aliphatic heterocycles. The van der Waals surface area contributed by atoms with Crippen LogP contribution in [0.25, 0.3) is 11.1 Å². The molecule has 2 aromatic carbocycles. The third kappa shape index (κ3) is 4.37. The first-order valence-electron chi connectivity index (χ1n) is 8.73. The van der Waals surface area contributed by atoms with Gasteiger partial charge in [0, 0.05) is 11.1 Å². The number of esters is 2. The first kappa shape index (κ1) is 21.9. The molecule has 29 heavy (non-hydrogen) atoms. The average molecular weight is 404 g/mol. The fraction of sp³-hybridized carbons (Fsp3) is 0.333. The van der Waals surface area contributed by atoms with E-state index < -0.39 is 11.9 Å². The van der Waals surface area contributed by atoms with Crippen LogP contribution in [0.2, 0.25) is 0 Å². The summed E-state index contributed by atoms with van der Waals surface area (Å²) >= 11 is 0. The zero-order chi connectivity index (χ0) is 21.6. The lowest BCUT2D eigenvalue weighted by molar-refractivity contribution is 0.0591. The molecule has 0 aliphatic rings. The number of carbonyl (C=O) groups is 2. The number of ether oxygens (including phenoxy) is 6. The molecular formula is C21H24O8. The molecule has 2 rings (SSSR count). The minimum absolute atomic E-state index is 0.239. The van der Waals surface area contributed by atoms with Crippen molar-refractivity contribution in [2.24, 2.45) is 0 Å². The topological polar surface area (TPSA) is 89.5 Å². The quantitative estimate of drug-likeness (QED) is 0.619. The van der Waals surface area contributed by atoms with Gasteiger partial charge in [0.1, 0.15) is 0 Å². The van der Waals surface area contributed by atoms with Crippen LogP contribution in [-0.4, -0.2) is 54.1 Å². The summed E-state index contributed by atoms with van der Waals surface area (Å²) in [6.45, 7) is 2.16. The van der Waals surface area contributed by atoms with Gasteiger partial charge >= 0.3 is 11.9 Å². The van der Waals surface area contributed by atoms with E-state index in [4.69, 9.17) is 28.4 Å². The van der Waals surface area contributed by atoms with Gasteiger partial charge in [0.15, 0.2) is 23.0 Å². The van der Waals surface area contributed by atoms with Gasteiger partial charge in [-0.05, 0) is 31.2 Å². The molecule has 0 spiro atoms. The molecule has 8 heteroatoms. The Kier molecular flexibility index (Phi) is 7.30. The summed E-state index contributed by atoms with van der Waals surface area (Å²) in [6, 6.07) is 6.19. The van der Waals surface area contributed by atoms with Gasteiger partial charge in [0.05, 0.1) is 53.3 Å². The molecule has 0 aliphatic carbocycles. The lowest BCUT2D eigenvalue weighted by atomic mass is 9.97. The highest BCUT2D eigenvalue weighted by atomic mass is 16.5. The minimum Gasteiger partial charge on any atom is -0.493 e. The Morgan fingerprint density at radius 2 is 1.14 bits per heavy atom. The molecule has 0 bridgehead atoms. The first-order chi connectivity index (χ1) is 13.9. The van der Waals surface area contributed by atoms with Gasteiger partial charge in [-0.15, -0.1) is 0 Å². The summed E-state index contributed by atoms with van der Waals surface area (Å²) in [5.74, 6) is 0.265. The first-order valence-corrected chi connectivity index (χ1v) is 8.73. The Labute approximate surface area is 169 Å². The second kappa shape index (κ2) is 9.68. The highest BCUT2D eigenvalue weighted by molar-refractivity contribution is 5.97. The molecule has 0 amide bonds. The summed E-state index contributed by atoms with van der Waals surface area (Å²) in [5.41, 5.74) is 1.40. The van der Waals surface area contributed by atoms with E-state index in [9.17, 15) is 9.59 Å². The normalized spacial score (nSPS) is 10.1. The van der Waals surface area contributed by atoms with Crippen LogP contribution in [0.5, 0.6) is 23.0 Å². The zero-order valence-electron chi connectivity index (χ0n) is 17.3. The Hall–Kier alpha value is -3.42. The van der Waals surface area contributed by atoms with Crippen molar-refractivity contribution in [3.05, 3.63) is 35.4 Å². The van der Waals surface area contributed by atoms with Crippen LogP contribution in [0, 0.1) is 0 Å². The fourth-order valence-electron chi connectivity index (χ4n) is 2.91. The van der Waals surface area contributed by atoms with Gasteiger partial charge in [-0.25, -0.2) is 9.59 Å². The van der Waals surface area contributed by atoms with Crippen molar-refractivity contribution in [2.75, 3.05) is 42.2 Å². The Morgan fingerprint density at radius 3 is 1.52 bits per heavy atom. The highest BCUT2D eigenvalue weighted by Crippen LogP contribution is 2.46. The van der Waals surface area contributed by atoms with Gasteiger partial charge < -0.3 is 28.4 Å². The molecule has 0 aromatic heterocycles. The maximum atomic E-state index is 12.2. The van der Waals surface area contributed by atoms with Crippen LogP contribution < -0.4 is 18.9 Å². The second-order valence-electron chi connectivity index (χ2n) is 5.73. The van der Waals surface area contributed by atoms with E-state index in [0.29, 0.717) is 40.7 Å². The predicted octanol–water partition coefficient (Wildman–Crippen LogP) is 3.35. The smallest absolute Gasteiger partial charge is 0.338 e. The largest absolute Gasteiger partial charge is 0.493 e. The van der Waals surface area contributed by atoms with E-state index in [1.165, 1.54) is 47.7 Å².